The van der Waals surface area contributed by atoms with Gasteiger partial charge in [0.2, 0.25) is 0 Å². The largest absolute Gasteiger partial charge is 0.268 e. The molecule has 0 amide bonds. The molecule has 0 spiro atoms. The number of aromatic amines is 1. The predicted octanol–water partition coefficient (Wildman–Crippen LogP) is 2.25. The Bertz CT molecular complexity index is 529. The zero-order chi connectivity index (χ0) is 11.7. The zero-order valence-electron chi connectivity index (χ0n) is 10.3. The summed E-state index contributed by atoms with van der Waals surface area (Å²) in [6.45, 7) is 8.86. The molecule has 3 nitrogen and oxygen atoms in total. The number of fused-ring (bicyclic) bond motifs is 5. The van der Waals surface area contributed by atoms with Gasteiger partial charge < -0.3 is 0 Å². The fraction of sp³-hybridized carbons (Fsp3) is 0.692. The van der Waals surface area contributed by atoms with Crippen LogP contribution in [-0.2, 0) is 5.41 Å². The van der Waals surface area contributed by atoms with Crippen LogP contribution < -0.4 is 5.56 Å². The van der Waals surface area contributed by atoms with Crippen molar-refractivity contribution in [1.29, 1.82) is 0 Å². The number of hydrogen-bond acceptors (Lipinski definition) is 2. The Hall–Kier alpha value is -1.12. The minimum atomic E-state index is -0.0225. The number of nitrogens with zero attached hydrogens (tertiary/aromatic N) is 1. The van der Waals surface area contributed by atoms with E-state index < -0.39 is 0 Å². The van der Waals surface area contributed by atoms with Crippen molar-refractivity contribution in [3.63, 3.8) is 0 Å². The van der Waals surface area contributed by atoms with E-state index in [0.717, 1.165) is 11.3 Å². The minimum Gasteiger partial charge on any atom is -0.268 e. The number of hydrogen-bond donors (Lipinski definition) is 1. The Labute approximate surface area is 95.3 Å². The van der Waals surface area contributed by atoms with E-state index in [-0.39, 0.29) is 16.4 Å². The quantitative estimate of drug-likeness (QED) is 0.726. The van der Waals surface area contributed by atoms with Crippen molar-refractivity contribution in [1.82, 2.24) is 10.2 Å². The molecule has 3 heteroatoms. The smallest absolute Gasteiger partial charge is 0.267 e. The molecular weight excluding hydrogens is 200 g/mol. The highest BCUT2D eigenvalue weighted by molar-refractivity contribution is 5.47. The van der Waals surface area contributed by atoms with Crippen LogP contribution in [0.3, 0.4) is 0 Å². The summed E-state index contributed by atoms with van der Waals surface area (Å²) in [7, 11) is 0. The summed E-state index contributed by atoms with van der Waals surface area (Å²) in [5.41, 5.74) is 3.61. The summed E-state index contributed by atoms with van der Waals surface area (Å²) in [5, 5.41) is 6.97. The third-order valence-electron chi connectivity index (χ3n) is 5.37. The first kappa shape index (κ1) is 10.1. The summed E-state index contributed by atoms with van der Waals surface area (Å²) in [4.78, 5) is 11.7. The second-order valence-corrected chi connectivity index (χ2v) is 6.09. The number of H-pyrrole nitrogens is 1. The van der Waals surface area contributed by atoms with Crippen LogP contribution in [0.15, 0.2) is 4.79 Å². The Morgan fingerprint density at radius 2 is 2.06 bits per heavy atom. The van der Waals surface area contributed by atoms with Gasteiger partial charge in [-0.1, -0.05) is 20.8 Å². The molecule has 1 aromatic heterocycles. The third-order valence-corrected chi connectivity index (χ3v) is 5.37. The SMILES string of the molecule is Cc1c2c(n[nH]c1=O)C1(C)CC[C@H]2C1(C)C. The van der Waals surface area contributed by atoms with Crippen LogP contribution in [0.1, 0.15) is 56.4 Å². The van der Waals surface area contributed by atoms with E-state index in [9.17, 15) is 4.79 Å². The van der Waals surface area contributed by atoms with E-state index in [1.165, 1.54) is 18.4 Å². The van der Waals surface area contributed by atoms with E-state index in [1.54, 1.807) is 0 Å². The van der Waals surface area contributed by atoms with Crippen molar-refractivity contribution in [2.75, 3.05) is 0 Å². The average Bonchev–Trinajstić information content (AvgIpc) is 2.54. The summed E-state index contributed by atoms with van der Waals surface area (Å²) < 4.78 is 0. The van der Waals surface area contributed by atoms with E-state index in [1.807, 2.05) is 6.92 Å². The number of nitrogens with one attached hydrogen (secondary N) is 1. The molecular formula is C13H18N2O. The second-order valence-electron chi connectivity index (χ2n) is 6.09. The molecule has 0 saturated heterocycles. The van der Waals surface area contributed by atoms with Crippen molar-refractivity contribution in [2.45, 2.75) is 51.9 Å². The number of rotatable bonds is 0. The van der Waals surface area contributed by atoms with Crippen molar-refractivity contribution >= 4 is 0 Å². The summed E-state index contributed by atoms with van der Waals surface area (Å²) in [6.07, 6.45) is 2.39. The normalized spacial score (nSPS) is 34.1. The molecule has 2 aliphatic carbocycles. The first-order valence-electron chi connectivity index (χ1n) is 5.99. The zero-order valence-corrected chi connectivity index (χ0v) is 10.3. The van der Waals surface area contributed by atoms with E-state index >= 15 is 0 Å². The highest BCUT2D eigenvalue weighted by atomic mass is 16.1. The molecule has 16 heavy (non-hydrogen) atoms. The fourth-order valence-electron chi connectivity index (χ4n) is 3.83. The lowest BCUT2D eigenvalue weighted by molar-refractivity contribution is 0.226. The maximum absolute atomic E-state index is 11.7. The lowest BCUT2D eigenvalue weighted by Crippen LogP contribution is -2.32. The van der Waals surface area contributed by atoms with Gasteiger partial charge in [0.05, 0.1) is 5.69 Å². The van der Waals surface area contributed by atoms with E-state index in [2.05, 4.69) is 31.0 Å². The Balaban J connectivity index is 2.38. The van der Waals surface area contributed by atoms with Crippen LogP contribution in [0.2, 0.25) is 0 Å². The molecule has 1 aromatic rings. The predicted molar refractivity (Wildman–Crippen MR) is 62.7 cm³/mol. The van der Waals surface area contributed by atoms with Gasteiger partial charge in [-0.2, -0.15) is 5.10 Å². The summed E-state index contributed by atoms with van der Waals surface area (Å²) >= 11 is 0. The maximum Gasteiger partial charge on any atom is 0.267 e. The van der Waals surface area contributed by atoms with Gasteiger partial charge in [0.1, 0.15) is 0 Å². The molecule has 1 N–H and O–H groups in total. The van der Waals surface area contributed by atoms with Gasteiger partial charge in [0.15, 0.2) is 0 Å². The average molecular weight is 218 g/mol. The van der Waals surface area contributed by atoms with E-state index in [4.69, 9.17) is 0 Å². The first-order chi connectivity index (χ1) is 7.39. The Kier molecular flexibility index (Phi) is 1.62. The molecule has 0 radical (unpaired) electrons. The summed E-state index contributed by atoms with van der Waals surface area (Å²) in [6, 6.07) is 0. The number of aromatic nitrogens is 2. The fourth-order valence-corrected chi connectivity index (χ4v) is 3.83. The second kappa shape index (κ2) is 2.58. The van der Waals surface area contributed by atoms with Crippen molar-refractivity contribution < 1.29 is 0 Å². The lowest BCUT2D eigenvalue weighted by atomic mass is 9.70. The summed E-state index contributed by atoms with van der Waals surface area (Å²) in [5.74, 6) is 0.516. The van der Waals surface area contributed by atoms with Crippen molar-refractivity contribution in [3.8, 4) is 0 Å². The molecule has 2 bridgehead atoms. The third kappa shape index (κ3) is 0.827. The Morgan fingerprint density at radius 1 is 1.38 bits per heavy atom. The maximum atomic E-state index is 11.7. The van der Waals surface area contributed by atoms with Crippen LogP contribution in [0.5, 0.6) is 0 Å². The van der Waals surface area contributed by atoms with Crippen LogP contribution >= 0.6 is 0 Å². The van der Waals surface area contributed by atoms with Crippen LogP contribution in [-0.4, -0.2) is 10.2 Å². The van der Waals surface area contributed by atoms with Crippen molar-refractivity contribution in [2.24, 2.45) is 5.41 Å². The molecule has 1 saturated carbocycles. The van der Waals surface area contributed by atoms with E-state index in [0.29, 0.717) is 5.92 Å². The molecule has 1 heterocycles. The monoisotopic (exact) mass is 218 g/mol. The van der Waals surface area contributed by atoms with Gasteiger partial charge in [-0.05, 0) is 36.7 Å². The molecule has 0 aromatic carbocycles. The molecule has 3 rings (SSSR count). The molecule has 2 atom stereocenters. The van der Waals surface area contributed by atoms with Gasteiger partial charge >= 0.3 is 0 Å². The van der Waals surface area contributed by atoms with Crippen LogP contribution in [0.4, 0.5) is 0 Å². The van der Waals surface area contributed by atoms with Gasteiger partial charge in [-0.25, -0.2) is 5.10 Å². The molecule has 86 valence electrons. The first-order valence-corrected chi connectivity index (χ1v) is 5.99. The van der Waals surface area contributed by atoms with Gasteiger partial charge in [0.25, 0.3) is 5.56 Å². The lowest BCUT2D eigenvalue weighted by Gasteiger charge is -2.34. The molecule has 1 unspecified atom stereocenters. The molecule has 2 aliphatic rings. The van der Waals surface area contributed by atoms with Crippen LogP contribution in [0, 0.1) is 12.3 Å². The molecule has 1 fully saturated rings. The Morgan fingerprint density at radius 3 is 2.75 bits per heavy atom. The molecule has 0 aliphatic heterocycles. The van der Waals surface area contributed by atoms with Gasteiger partial charge in [-0.15, -0.1) is 0 Å². The standard InChI is InChI=1S/C13H18N2O/c1-7-9-8-5-6-13(4,12(8,2)3)10(9)14-15-11(7)16/h8H,5-6H2,1-4H3,(H,15,16)/t8-,13?/m1/s1. The van der Waals surface area contributed by atoms with Gasteiger partial charge in [-0.3, -0.25) is 4.79 Å². The minimum absolute atomic E-state index is 0.0225. The highest BCUT2D eigenvalue weighted by Crippen LogP contribution is 2.67. The van der Waals surface area contributed by atoms with Crippen molar-refractivity contribution in [3.05, 3.63) is 27.2 Å². The van der Waals surface area contributed by atoms with Crippen LogP contribution in [0.25, 0.3) is 0 Å². The highest BCUT2D eigenvalue weighted by Gasteiger charge is 2.61. The van der Waals surface area contributed by atoms with Gasteiger partial charge in [0, 0.05) is 11.0 Å². The topological polar surface area (TPSA) is 45.8 Å².